The molecule has 1 aromatic rings. The molecule has 2 heteroatoms. The third-order valence-electron chi connectivity index (χ3n) is 4.98. The smallest absolute Gasteiger partial charge is 0.126 e. The predicted molar refractivity (Wildman–Crippen MR) is 72.0 cm³/mol. The number of hydrogen-bond acceptors (Lipinski definition) is 1. The minimum atomic E-state index is -0.0339. The van der Waals surface area contributed by atoms with Gasteiger partial charge in [0, 0.05) is 12.1 Å². The van der Waals surface area contributed by atoms with Gasteiger partial charge in [-0.3, -0.25) is 0 Å². The van der Waals surface area contributed by atoms with Crippen LogP contribution in [0, 0.1) is 11.7 Å². The second-order valence-corrected chi connectivity index (χ2v) is 6.02. The fraction of sp³-hybridized carbons (Fsp3) is 0.625. The zero-order valence-electron chi connectivity index (χ0n) is 11.1. The molecular formula is C16H22FN. The minimum absolute atomic E-state index is 0.0339. The van der Waals surface area contributed by atoms with Crippen molar-refractivity contribution in [2.75, 3.05) is 7.05 Å². The molecule has 98 valence electrons. The fourth-order valence-electron chi connectivity index (χ4n) is 3.82. The highest BCUT2D eigenvalue weighted by Gasteiger charge is 2.37. The quantitative estimate of drug-likeness (QED) is 0.788. The van der Waals surface area contributed by atoms with E-state index in [0.717, 1.165) is 36.4 Å². The van der Waals surface area contributed by atoms with E-state index in [2.05, 4.69) is 11.9 Å². The lowest BCUT2D eigenvalue weighted by Crippen LogP contribution is -2.39. The maximum atomic E-state index is 13.6. The lowest BCUT2D eigenvalue weighted by molar-refractivity contribution is 0.129. The highest BCUT2D eigenvalue weighted by atomic mass is 19.1. The first-order chi connectivity index (χ1) is 8.74. The van der Waals surface area contributed by atoms with Crippen molar-refractivity contribution in [3.8, 4) is 0 Å². The molecule has 2 fully saturated rings. The lowest BCUT2D eigenvalue weighted by atomic mass is 9.86. The molecule has 3 rings (SSSR count). The average molecular weight is 247 g/mol. The Morgan fingerprint density at radius 3 is 2.50 bits per heavy atom. The van der Waals surface area contributed by atoms with Crippen molar-refractivity contribution in [2.24, 2.45) is 5.92 Å². The number of fused-ring (bicyclic) bond motifs is 2. The minimum Gasteiger partial charge on any atom is -0.300 e. The van der Waals surface area contributed by atoms with Crippen molar-refractivity contribution < 1.29 is 4.39 Å². The van der Waals surface area contributed by atoms with Crippen molar-refractivity contribution in [3.63, 3.8) is 0 Å². The van der Waals surface area contributed by atoms with E-state index in [9.17, 15) is 4.39 Å². The topological polar surface area (TPSA) is 3.24 Å². The summed E-state index contributed by atoms with van der Waals surface area (Å²) in [4.78, 5) is 2.57. The van der Waals surface area contributed by atoms with E-state index in [-0.39, 0.29) is 5.82 Å². The maximum Gasteiger partial charge on any atom is 0.126 e. The Hall–Kier alpha value is -0.890. The van der Waals surface area contributed by atoms with Gasteiger partial charge >= 0.3 is 0 Å². The SMILES string of the molecule is CN1[C@@H]2CC[C@H]1CC(CCc1ccccc1F)C2. The van der Waals surface area contributed by atoms with Crippen molar-refractivity contribution in [2.45, 2.75) is 50.6 Å². The Labute approximate surface area is 109 Å². The van der Waals surface area contributed by atoms with Gasteiger partial charge in [-0.1, -0.05) is 18.2 Å². The largest absolute Gasteiger partial charge is 0.300 e. The Morgan fingerprint density at radius 1 is 1.17 bits per heavy atom. The maximum absolute atomic E-state index is 13.6. The third-order valence-corrected chi connectivity index (χ3v) is 4.98. The molecule has 0 aromatic heterocycles. The van der Waals surface area contributed by atoms with Crippen LogP contribution in [0.15, 0.2) is 24.3 Å². The molecule has 3 atom stereocenters. The Morgan fingerprint density at radius 2 is 1.83 bits per heavy atom. The van der Waals surface area contributed by atoms with E-state index < -0.39 is 0 Å². The van der Waals surface area contributed by atoms with Crippen LogP contribution in [0.5, 0.6) is 0 Å². The van der Waals surface area contributed by atoms with Gasteiger partial charge in [-0.05, 0) is 63.1 Å². The van der Waals surface area contributed by atoms with E-state index in [1.807, 2.05) is 12.1 Å². The molecule has 2 aliphatic rings. The van der Waals surface area contributed by atoms with Crippen LogP contribution >= 0.6 is 0 Å². The second kappa shape index (κ2) is 5.00. The summed E-state index contributed by atoms with van der Waals surface area (Å²) in [5.41, 5.74) is 0.892. The van der Waals surface area contributed by atoms with Crippen LogP contribution < -0.4 is 0 Å². The molecule has 0 spiro atoms. The zero-order chi connectivity index (χ0) is 12.5. The van der Waals surface area contributed by atoms with Gasteiger partial charge in [-0.25, -0.2) is 4.39 Å². The molecule has 0 saturated carbocycles. The number of benzene rings is 1. The predicted octanol–water partition coefficient (Wildman–Crippen LogP) is 3.63. The first kappa shape index (κ1) is 12.2. The molecule has 1 aromatic carbocycles. The Balaban J connectivity index is 1.57. The average Bonchev–Trinajstić information content (AvgIpc) is 2.62. The Bertz CT molecular complexity index is 403. The van der Waals surface area contributed by atoms with Crippen LogP contribution in [0.2, 0.25) is 0 Å². The molecule has 0 amide bonds. The number of hydrogen-bond donors (Lipinski definition) is 0. The van der Waals surface area contributed by atoms with Gasteiger partial charge in [0.25, 0.3) is 0 Å². The summed E-state index contributed by atoms with van der Waals surface area (Å²) in [7, 11) is 2.27. The van der Waals surface area contributed by atoms with Gasteiger partial charge in [0.1, 0.15) is 5.82 Å². The van der Waals surface area contributed by atoms with Crippen LogP contribution in [-0.4, -0.2) is 24.0 Å². The number of aryl methyl sites for hydroxylation is 1. The molecule has 0 radical (unpaired) electrons. The van der Waals surface area contributed by atoms with Crippen LogP contribution in [0.1, 0.15) is 37.7 Å². The summed E-state index contributed by atoms with van der Waals surface area (Å²) in [5, 5.41) is 0. The molecular weight excluding hydrogens is 225 g/mol. The normalized spacial score (nSPS) is 31.8. The first-order valence-electron chi connectivity index (χ1n) is 7.19. The van der Waals surface area contributed by atoms with Crippen LogP contribution in [-0.2, 0) is 6.42 Å². The molecule has 2 aliphatic heterocycles. The molecule has 2 heterocycles. The zero-order valence-corrected chi connectivity index (χ0v) is 11.1. The number of piperidine rings is 1. The standard InChI is InChI=1S/C16H22FN/c1-18-14-8-9-15(18)11-12(10-14)6-7-13-4-2-3-5-16(13)17/h2-5,12,14-15H,6-11H2,1H3/t12?,14-,15+. The first-order valence-corrected chi connectivity index (χ1v) is 7.19. The summed E-state index contributed by atoms with van der Waals surface area (Å²) in [5.74, 6) is 0.770. The molecule has 1 nitrogen and oxygen atoms in total. The number of nitrogens with zero attached hydrogens (tertiary/aromatic N) is 1. The summed E-state index contributed by atoms with van der Waals surface area (Å²) in [6.07, 6.45) is 7.44. The van der Waals surface area contributed by atoms with E-state index in [1.54, 1.807) is 12.1 Å². The van der Waals surface area contributed by atoms with E-state index >= 15 is 0 Å². The number of halogens is 1. The van der Waals surface area contributed by atoms with Crippen molar-refractivity contribution >= 4 is 0 Å². The van der Waals surface area contributed by atoms with Crippen LogP contribution in [0.3, 0.4) is 0 Å². The molecule has 0 aliphatic carbocycles. The third kappa shape index (κ3) is 2.31. The van der Waals surface area contributed by atoms with Gasteiger partial charge < -0.3 is 4.90 Å². The van der Waals surface area contributed by atoms with Crippen LogP contribution in [0.25, 0.3) is 0 Å². The monoisotopic (exact) mass is 247 g/mol. The molecule has 18 heavy (non-hydrogen) atoms. The van der Waals surface area contributed by atoms with Crippen molar-refractivity contribution in [1.82, 2.24) is 4.90 Å². The van der Waals surface area contributed by atoms with Gasteiger partial charge in [-0.15, -0.1) is 0 Å². The van der Waals surface area contributed by atoms with Gasteiger partial charge in [0.15, 0.2) is 0 Å². The van der Waals surface area contributed by atoms with Gasteiger partial charge in [0.2, 0.25) is 0 Å². The summed E-state index contributed by atoms with van der Waals surface area (Å²) in [6.45, 7) is 0. The fourth-order valence-corrected chi connectivity index (χ4v) is 3.82. The molecule has 2 saturated heterocycles. The molecule has 1 unspecified atom stereocenters. The molecule has 2 bridgehead atoms. The summed E-state index contributed by atoms with van der Waals surface area (Å²) < 4.78 is 13.6. The van der Waals surface area contributed by atoms with Crippen LogP contribution in [0.4, 0.5) is 4.39 Å². The van der Waals surface area contributed by atoms with Crippen molar-refractivity contribution in [1.29, 1.82) is 0 Å². The molecule has 0 N–H and O–H groups in total. The van der Waals surface area contributed by atoms with Crippen molar-refractivity contribution in [3.05, 3.63) is 35.6 Å². The lowest BCUT2D eigenvalue weighted by Gasteiger charge is -2.36. The second-order valence-electron chi connectivity index (χ2n) is 6.02. The highest BCUT2D eigenvalue weighted by molar-refractivity contribution is 5.17. The summed E-state index contributed by atoms with van der Waals surface area (Å²) in [6, 6.07) is 8.82. The van der Waals surface area contributed by atoms with E-state index in [1.165, 1.54) is 25.7 Å². The summed E-state index contributed by atoms with van der Waals surface area (Å²) >= 11 is 0. The van der Waals surface area contributed by atoms with Gasteiger partial charge in [0.05, 0.1) is 0 Å². The van der Waals surface area contributed by atoms with Gasteiger partial charge in [-0.2, -0.15) is 0 Å². The van der Waals surface area contributed by atoms with E-state index in [0.29, 0.717) is 0 Å². The number of rotatable bonds is 3. The van der Waals surface area contributed by atoms with E-state index in [4.69, 9.17) is 0 Å². The highest BCUT2D eigenvalue weighted by Crippen LogP contribution is 2.39. The Kier molecular flexibility index (Phi) is 3.38.